The first kappa shape index (κ1) is 14.0. The molecule has 4 nitrogen and oxygen atoms in total. The average molecular weight is 276 g/mol. The number of carboxylic acids is 1. The van der Waals surface area contributed by atoms with Crippen LogP contribution in [0.3, 0.4) is 0 Å². The summed E-state index contributed by atoms with van der Waals surface area (Å²) in [5, 5.41) is 8.95. The zero-order valence-corrected chi connectivity index (χ0v) is 10.6. The lowest BCUT2D eigenvalue weighted by molar-refractivity contribution is 0.00417. The Labute approximate surface area is 115 Å². The van der Waals surface area contributed by atoms with Gasteiger partial charge in [0.15, 0.2) is 6.79 Å². The maximum Gasteiger partial charge on any atom is 0.339 e. The summed E-state index contributed by atoms with van der Waals surface area (Å²) in [6.45, 7) is 0.178. The van der Waals surface area contributed by atoms with Gasteiger partial charge in [0.25, 0.3) is 0 Å². The first-order valence-electron chi connectivity index (χ1n) is 5.94. The smallest absolute Gasteiger partial charge is 0.339 e. The second-order valence-corrected chi connectivity index (χ2v) is 4.04. The minimum absolute atomic E-state index is 0.0504. The molecular weight excluding hydrogens is 263 g/mol. The zero-order chi connectivity index (χ0) is 14.4. The summed E-state index contributed by atoms with van der Waals surface area (Å²) in [6, 6.07) is 12.7. The zero-order valence-electron chi connectivity index (χ0n) is 10.6. The van der Waals surface area contributed by atoms with Crippen LogP contribution >= 0.6 is 0 Å². The van der Waals surface area contributed by atoms with Crippen molar-refractivity contribution < 1.29 is 23.8 Å². The summed E-state index contributed by atoms with van der Waals surface area (Å²) in [7, 11) is 0. The van der Waals surface area contributed by atoms with E-state index < -0.39 is 11.8 Å². The van der Waals surface area contributed by atoms with Crippen molar-refractivity contribution in [3.8, 4) is 5.75 Å². The van der Waals surface area contributed by atoms with Crippen molar-refractivity contribution in [3.05, 3.63) is 65.5 Å². The van der Waals surface area contributed by atoms with E-state index >= 15 is 0 Å². The fourth-order valence-corrected chi connectivity index (χ4v) is 1.63. The molecule has 0 amide bonds. The molecule has 2 aromatic carbocycles. The van der Waals surface area contributed by atoms with Gasteiger partial charge in [-0.05, 0) is 17.7 Å². The molecule has 0 aliphatic rings. The largest absolute Gasteiger partial charge is 0.478 e. The second kappa shape index (κ2) is 6.68. The van der Waals surface area contributed by atoms with Gasteiger partial charge in [-0.25, -0.2) is 9.18 Å². The molecule has 0 radical (unpaired) electrons. The molecule has 0 atom stereocenters. The van der Waals surface area contributed by atoms with Crippen LogP contribution in [0.4, 0.5) is 4.39 Å². The Morgan fingerprint density at radius 2 is 1.90 bits per heavy atom. The van der Waals surface area contributed by atoms with Crippen molar-refractivity contribution >= 4 is 5.97 Å². The lowest BCUT2D eigenvalue weighted by Gasteiger charge is -2.09. The van der Waals surface area contributed by atoms with Crippen LogP contribution in [0, 0.1) is 5.82 Å². The second-order valence-electron chi connectivity index (χ2n) is 4.04. The number of carboxylic acid groups (broad SMARTS) is 1. The highest BCUT2D eigenvalue weighted by Crippen LogP contribution is 2.20. The van der Waals surface area contributed by atoms with E-state index in [0.717, 1.165) is 23.8 Å². The van der Waals surface area contributed by atoms with Gasteiger partial charge in [0.05, 0.1) is 6.61 Å². The highest BCUT2D eigenvalue weighted by Gasteiger charge is 2.12. The molecule has 2 aromatic rings. The van der Waals surface area contributed by atoms with Crippen molar-refractivity contribution in [3.63, 3.8) is 0 Å². The maximum atomic E-state index is 13.1. The third-order valence-electron chi connectivity index (χ3n) is 2.58. The third kappa shape index (κ3) is 3.80. The van der Waals surface area contributed by atoms with Gasteiger partial charge in [-0.1, -0.05) is 30.3 Å². The lowest BCUT2D eigenvalue weighted by Crippen LogP contribution is -2.07. The van der Waals surface area contributed by atoms with Gasteiger partial charge >= 0.3 is 5.97 Å². The van der Waals surface area contributed by atoms with Gasteiger partial charge in [0, 0.05) is 6.07 Å². The molecule has 0 saturated carbocycles. The van der Waals surface area contributed by atoms with Gasteiger partial charge in [-0.15, -0.1) is 0 Å². The summed E-state index contributed by atoms with van der Waals surface area (Å²) >= 11 is 0. The van der Waals surface area contributed by atoms with E-state index in [1.54, 1.807) is 0 Å². The molecule has 20 heavy (non-hydrogen) atoms. The number of ether oxygens (including phenoxy) is 2. The fraction of sp³-hybridized carbons (Fsp3) is 0.133. The molecule has 0 bridgehead atoms. The first-order valence-corrected chi connectivity index (χ1v) is 5.94. The minimum atomic E-state index is -1.18. The van der Waals surface area contributed by atoms with Gasteiger partial charge in [0.2, 0.25) is 0 Å². The number of hydrogen-bond acceptors (Lipinski definition) is 3. The Balaban J connectivity index is 1.91. The van der Waals surface area contributed by atoms with E-state index in [1.807, 2.05) is 30.3 Å². The predicted molar refractivity (Wildman–Crippen MR) is 70.1 cm³/mol. The summed E-state index contributed by atoms with van der Waals surface area (Å²) in [5.74, 6) is -1.79. The molecular formula is C15H13FO4. The van der Waals surface area contributed by atoms with Crippen molar-refractivity contribution in [2.24, 2.45) is 0 Å². The number of aromatic carboxylic acids is 1. The minimum Gasteiger partial charge on any atom is -0.478 e. The molecule has 0 aliphatic carbocycles. The van der Waals surface area contributed by atoms with Crippen LogP contribution < -0.4 is 4.74 Å². The highest BCUT2D eigenvalue weighted by molar-refractivity contribution is 5.90. The molecule has 0 spiro atoms. The van der Waals surface area contributed by atoms with Crippen LogP contribution in [-0.2, 0) is 11.3 Å². The van der Waals surface area contributed by atoms with Gasteiger partial charge in [-0.3, -0.25) is 0 Å². The number of carbonyl (C=O) groups is 1. The molecule has 1 N–H and O–H groups in total. The first-order chi connectivity index (χ1) is 9.66. The van der Waals surface area contributed by atoms with E-state index in [2.05, 4.69) is 0 Å². The summed E-state index contributed by atoms with van der Waals surface area (Å²) in [4.78, 5) is 10.9. The molecule has 0 aliphatic heterocycles. The van der Waals surface area contributed by atoms with Crippen molar-refractivity contribution in [1.29, 1.82) is 0 Å². The highest BCUT2D eigenvalue weighted by atomic mass is 19.1. The van der Waals surface area contributed by atoms with Gasteiger partial charge in [0.1, 0.15) is 17.1 Å². The standard InChI is InChI=1S/C15H13FO4/c16-12-6-7-13(15(17)18)14(8-12)20-10-19-9-11-4-2-1-3-5-11/h1-8H,9-10H2,(H,17,18). The number of rotatable bonds is 6. The fourth-order valence-electron chi connectivity index (χ4n) is 1.63. The van der Waals surface area contributed by atoms with E-state index in [4.69, 9.17) is 14.6 Å². The molecule has 0 saturated heterocycles. The molecule has 0 aromatic heterocycles. The molecule has 0 heterocycles. The maximum absolute atomic E-state index is 13.1. The SMILES string of the molecule is O=C(O)c1ccc(F)cc1OCOCc1ccccc1. The lowest BCUT2D eigenvalue weighted by atomic mass is 10.2. The molecule has 0 fully saturated rings. The van der Waals surface area contributed by atoms with Crippen LogP contribution in [-0.4, -0.2) is 17.9 Å². The van der Waals surface area contributed by atoms with Crippen LogP contribution in [0.1, 0.15) is 15.9 Å². The summed E-state index contributed by atoms with van der Waals surface area (Å²) in [5.41, 5.74) is 0.864. The normalized spacial score (nSPS) is 10.2. The van der Waals surface area contributed by atoms with E-state index in [1.165, 1.54) is 0 Å². The Bertz CT molecular complexity index is 584. The van der Waals surface area contributed by atoms with Crippen LogP contribution in [0.25, 0.3) is 0 Å². The predicted octanol–water partition coefficient (Wildman–Crippen LogP) is 3.08. The van der Waals surface area contributed by atoms with Crippen LogP contribution in [0.15, 0.2) is 48.5 Å². The van der Waals surface area contributed by atoms with Gasteiger partial charge < -0.3 is 14.6 Å². The molecule has 5 heteroatoms. The molecule has 104 valence electrons. The van der Waals surface area contributed by atoms with Crippen LogP contribution in [0.5, 0.6) is 5.75 Å². The van der Waals surface area contributed by atoms with E-state index in [0.29, 0.717) is 6.61 Å². The quantitative estimate of drug-likeness (QED) is 0.650. The molecule has 0 unspecified atom stereocenters. The Morgan fingerprint density at radius 3 is 2.60 bits per heavy atom. The topological polar surface area (TPSA) is 55.8 Å². The summed E-state index contributed by atoms with van der Waals surface area (Å²) < 4.78 is 23.5. The number of halogens is 1. The molecule has 2 rings (SSSR count). The summed E-state index contributed by atoms with van der Waals surface area (Å²) in [6.07, 6.45) is 0. The Hall–Kier alpha value is -2.40. The monoisotopic (exact) mass is 276 g/mol. The number of hydrogen-bond donors (Lipinski definition) is 1. The van der Waals surface area contributed by atoms with Crippen molar-refractivity contribution in [2.45, 2.75) is 6.61 Å². The Kier molecular flexibility index (Phi) is 4.68. The van der Waals surface area contributed by atoms with E-state index in [-0.39, 0.29) is 18.1 Å². The van der Waals surface area contributed by atoms with Crippen molar-refractivity contribution in [2.75, 3.05) is 6.79 Å². The average Bonchev–Trinajstić information content (AvgIpc) is 2.44. The number of benzene rings is 2. The third-order valence-corrected chi connectivity index (χ3v) is 2.58. The van der Waals surface area contributed by atoms with Crippen molar-refractivity contribution in [1.82, 2.24) is 0 Å². The Morgan fingerprint density at radius 1 is 1.15 bits per heavy atom. The van der Waals surface area contributed by atoms with E-state index in [9.17, 15) is 9.18 Å². The van der Waals surface area contributed by atoms with Gasteiger partial charge in [-0.2, -0.15) is 0 Å². The van der Waals surface area contributed by atoms with Crippen LogP contribution in [0.2, 0.25) is 0 Å².